The summed E-state index contributed by atoms with van der Waals surface area (Å²) in [6, 6.07) is 18.0. The van der Waals surface area contributed by atoms with Crippen LogP contribution in [0.25, 0.3) is 17.4 Å². The molecule has 0 radical (unpaired) electrons. The van der Waals surface area contributed by atoms with Crippen molar-refractivity contribution in [1.29, 1.82) is 0 Å². The summed E-state index contributed by atoms with van der Waals surface area (Å²) in [5, 5.41) is 2.71. The minimum absolute atomic E-state index is 0.295. The predicted molar refractivity (Wildman–Crippen MR) is 112 cm³/mol. The summed E-state index contributed by atoms with van der Waals surface area (Å²) in [5.74, 6) is 0.524. The Kier molecular flexibility index (Phi) is 6.45. The van der Waals surface area contributed by atoms with Crippen molar-refractivity contribution >= 4 is 39.6 Å². The molecule has 3 rings (SSSR count). The number of rotatable bonds is 6. The maximum absolute atomic E-state index is 12.1. The Balaban J connectivity index is 1.64. The third-order valence-electron chi connectivity index (χ3n) is 3.80. The molecule has 5 nitrogen and oxygen atoms in total. The van der Waals surface area contributed by atoms with Gasteiger partial charge in [0.15, 0.2) is 0 Å². The Bertz CT molecular complexity index is 1010. The smallest absolute Gasteiger partial charge is 0.338 e. The van der Waals surface area contributed by atoms with Crippen LogP contribution in [0.3, 0.4) is 0 Å². The fourth-order valence-electron chi connectivity index (χ4n) is 2.49. The average molecular weight is 440 g/mol. The molecule has 142 valence electrons. The van der Waals surface area contributed by atoms with E-state index in [2.05, 4.69) is 21.2 Å². The van der Waals surface area contributed by atoms with Gasteiger partial charge in [-0.3, -0.25) is 4.79 Å². The van der Waals surface area contributed by atoms with Gasteiger partial charge in [0.25, 0.3) is 0 Å². The highest BCUT2D eigenvalue weighted by molar-refractivity contribution is 9.10. The van der Waals surface area contributed by atoms with Gasteiger partial charge >= 0.3 is 5.97 Å². The highest BCUT2D eigenvalue weighted by Gasteiger charge is 2.08. The van der Waals surface area contributed by atoms with E-state index in [9.17, 15) is 9.59 Å². The van der Waals surface area contributed by atoms with Gasteiger partial charge in [0.05, 0.1) is 12.2 Å². The number of amides is 1. The first kappa shape index (κ1) is 19.6. The van der Waals surface area contributed by atoms with Gasteiger partial charge in [-0.15, -0.1) is 0 Å². The molecule has 1 amide bonds. The third-order valence-corrected chi connectivity index (χ3v) is 4.32. The van der Waals surface area contributed by atoms with Gasteiger partial charge in [-0.2, -0.15) is 0 Å². The fourth-order valence-corrected chi connectivity index (χ4v) is 2.76. The lowest BCUT2D eigenvalue weighted by molar-refractivity contribution is -0.111. The van der Waals surface area contributed by atoms with Gasteiger partial charge in [-0.05, 0) is 55.5 Å². The van der Waals surface area contributed by atoms with E-state index < -0.39 is 5.97 Å². The maximum Gasteiger partial charge on any atom is 0.338 e. The molecule has 0 atom stereocenters. The van der Waals surface area contributed by atoms with Crippen molar-refractivity contribution < 1.29 is 18.7 Å². The first-order valence-corrected chi connectivity index (χ1v) is 9.46. The van der Waals surface area contributed by atoms with Crippen LogP contribution in [0.4, 0.5) is 5.69 Å². The van der Waals surface area contributed by atoms with Crippen molar-refractivity contribution in [1.82, 2.24) is 0 Å². The van der Waals surface area contributed by atoms with Crippen LogP contribution >= 0.6 is 15.9 Å². The SMILES string of the molecule is CCOC(=O)c1cccc(NC(=O)/C=C/c2ccc(-c3ccc(Br)cc3)o2)c1. The van der Waals surface area contributed by atoms with Crippen LogP contribution in [-0.4, -0.2) is 18.5 Å². The van der Waals surface area contributed by atoms with Crippen molar-refractivity contribution in [3.05, 3.63) is 82.5 Å². The van der Waals surface area contributed by atoms with Crippen molar-refractivity contribution in [3.63, 3.8) is 0 Å². The van der Waals surface area contributed by atoms with E-state index in [0.717, 1.165) is 15.8 Å². The Hall–Kier alpha value is -3.12. The molecule has 1 aromatic heterocycles. The van der Waals surface area contributed by atoms with Crippen LogP contribution in [0.15, 0.2) is 75.6 Å². The van der Waals surface area contributed by atoms with Crippen LogP contribution in [-0.2, 0) is 9.53 Å². The molecule has 0 saturated carbocycles. The molecule has 0 aliphatic carbocycles. The van der Waals surface area contributed by atoms with E-state index in [-0.39, 0.29) is 5.91 Å². The summed E-state index contributed by atoms with van der Waals surface area (Å²) >= 11 is 3.40. The summed E-state index contributed by atoms with van der Waals surface area (Å²) in [5.41, 5.74) is 1.84. The van der Waals surface area contributed by atoms with Crippen molar-refractivity contribution in [2.24, 2.45) is 0 Å². The minimum Gasteiger partial charge on any atom is -0.462 e. The number of carbonyl (C=O) groups excluding carboxylic acids is 2. The zero-order valence-corrected chi connectivity index (χ0v) is 16.7. The minimum atomic E-state index is -0.426. The lowest BCUT2D eigenvalue weighted by Gasteiger charge is -2.05. The summed E-state index contributed by atoms with van der Waals surface area (Å²) in [7, 11) is 0. The summed E-state index contributed by atoms with van der Waals surface area (Å²) in [6.07, 6.45) is 2.97. The number of esters is 1. The highest BCUT2D eigenvalue weighted by atomic mass is 79.9. The fraction of sp³-hybridized carbons (Fsp3) is 0.0909. The summed E-state index contributed by atoms with van der Waals surface area (Å²) in [6.45, 7) is 2.04. The number of ether oxygens (including phenoxy) is 1. The standard InChI is InChI=1S/C22H18BrNO4/c1-2-27-22(26)16-4-3-5-18(14-16)24-21(25)13-11-19-10-12-20(28-19)15-6-8-17(23)9-7-15/h3-14H,2H2,1H3,(H,24,25)/b13-11+. The third kappa shape index (κ3) is 5.20. The van der Waals surface area contributed by atoms with Crippen LogP contribution < -0.4 is 5.32 Å². The number of carbonyl (C=O) groups is 2. The van der Waals surface area contributed by atoms with Crippen LogP contribution in [0, 0.1) is 0 Å². The van der Waals surface area contributed by atoms with Gasteiger partial charge in [0.2, 0.25) is 5.91 Å². The molecule has 0 unspecified atom stereocenters. The lowest BCUT2D eigenvalue weighted by Crippen LogP contribution is -2.09. The largest absolute Gasteiger partial charge is 0.462 e. The van der Waals surface area contributed by atoms with Gasteiger partial charge in [-0.25, -0.2) is 4.79 Å². The molecule has 0 bridgehead atoms. The molecule has 28 heavy (non-hydrogen) atoms. The molecular weight excluding hydrogens is 422 g/mol. The predicted octanol–water partition coefficient (Wildman–Crippen LogP) is 5.54. The van der Waals surface area contributed by atoms with Crippen molar-refractivity contribution in [3.8, 4) is 11.3 Å². The number of halogens is 1. The van der Waals surface area contributed by atoms with E-state index in [4.69, 9.17) is 9.15 Å². The quantitative estimate of drug-likeness (QED) is 0.404. The molecule has 0 aliphatic heterocycles. The second kappa shape index (κ2) is 9.19. The lowest BCUT2D eigenvalue weighted by atomic mass is 10.2. The zero-order chi connectivity index (χ0) is 19.9. The number of furan rings is 1. The number of anilines is 1. The van der Waals surface area contributed by atoms with Crippen LogP contribution in [0.5, 0.6) is 0 Å². The van der Waals surface area contributed by atoms with Gasteiger partial charge in [0.1, 0.15) is 11.5 Å². The molecule has 6 heteroatoms. The number of hydrogen-bond acceptors (Lipinski definition) is 4. The first-order chi connectivity index (χ1) is 13.5. The molecule has 0 fully saturated rings. The topological polar surface area (TPSA) is 68.5 Å². The van der Waals surface area contributed by atoms with E-state index in [0.29, 0.717) is 23.6 Å². The maximum atomic E-state index is 12.1. The van der Waals surface area contributed by atoms with Crippen LogP contribution in [0.1, 0.15) is 23.0 Å². The molecule has 1 N–H and O–H groups in total. The van der Waals surface area contributed by atoms with Crippen LogP contribution in [0.2, 0.25) is 0 Å². The summed E-state index contributed by atoms with van der Waals surface area (Å²) < 4.78 is 11.7. The van der Waals surface area contributed by atoms with E-state index in [1.807, 2.05) is 30.3 Å². The Morgan fingerprint density at radius 2 is 1.89 bits per heavy atom. The second-order valence-electron chi connectivity index (χ2n) is 5.83. The molecule has 0 spiro atoms. The van der Waals surface area contributed by atoms with E-state index >= 15 is 0 Å². The van der Waals surface area contributed by atoms with Gasteiger partial charge in [0, 0.05) is 21.8 Å². The Morgan fingerprint density at radius 1 is 1.11 bits per heavy atom. The Morgan fingerprint density at radius 3 is 2.64 bits per heavy atom. The zero-order valence-electron chi connectivity index (χ0n) is 15.1. The molecule has 3 aromatic rings. The molecule has 0 aliphatic rings. The number of benzene rings is 2. The average Bonchev–Trinajstić information content (AvgIpc) is 3.16. The van der Waals surface area contributed by atoms with Crippen molar-refractivity contribution in [2.45, 2.75) is 6.92 Å². The second-order valence-corrected chi connectivity index (χ2v) is 6.75. The normalized spacial score (nSPS) is 10.8. The molecule has 1 heterocycles. The number of hydrogen-bond donors (Lipinski definition) is 1. The van der Waals surface area contributed by atoms with Gasteiger partial charge in [-0.1, -0.05) is 34.1 Å². The van der Waals surface area contributed by atoms with E-state index in [1.165, 1.54) is 6.08 Å². The Labute approximate surface area is 171 Å². The summed E-state index contributed by atoms with van der Waals surface area (Å²) in [4.78, 5) is 23.9. The number of nitrogens with one attached hydrogen (secondary N) is 1. The molecular formula is C22H18BrNO4. The highest BCUT2D eigenvalue weighted by Crippen LogP contribution is 2.24. The molecule has 2 aromatic carbocycles. The van der Waals surface area contributed by atoms with Gasteiger partial charge < -0.3 is 14.5 Å². The van der Waals surface area contributed by atoms with E-state index in [1.54, 1.807) is 43.3 Å². The van der Waals surface area contributed by atoms with Crippen molar-refractivity contribution in [2.75, 3.05) is 11.9 Å². The first-order valence-electron chi connectivity index (χ1n) is 8.67. The molecule has 0 saturated heterocycles. The monoisotopic (exact) mass is 439 g/mol.